The molecule has 0 aliphatic rings. The predicted octanol–water partition coefficient (Wildman–Crippen LogP) is 3.77. The van der Waals surface area contributed by atoms with Gasteiger partial charge in [0.25, 0.3) is 0 Å². The van der Waals surface area contributed by atoms with Gasteiger partial charge in [-0.2, -0.15) is 0 Å². The number of fused-ring (bicyclic) bond motifs is 1. The number of benzene rings is 2. The van der Waals surface area contributed by atoms with Gasteiger partial charge in [-0.25, -0.2) is 4.39 Å². The third-order valence-corrected chi connectivity index (χ3v) is 2.67. The van der Waals surface area contributed by atoms with Gasteiger partial charge in [0.1, 0.15) is 5.82 Å². The van der Waals surface area contributed by atoms with Crippen molar-refractivity contribution in [3.8, 4) is 11.1 Å². The molecule has 2 aromatic carbocycles. The van der Waals surface area contributed by atoms with Crippen LogP contribution >= 0.6 is 0 Å². The summed E-state index contributed by atoms with van der Waals surface area (Å²) in [5.41, 5.74) is 2.53. The lowest BCUT2D eigenvalue weighted by Crippen LogP contribution is -1.82. The van der Waals surface area contributed by atoms with Crippen molar-refractivity contribution in [3.05, 3.63) is 60.5 Å². The second-order valence-electron chi connectivity index (χ2n) is 3.70. The molecule has 2 heteroatoms. The molecule has 0 saturated carbocycles. The highest BCUT2D eigenvalue weighted by atomic mass is 19.1. The van der Waals surface area contributed by atoms with Gasteiger partial charge in [-0.3, -0.25) is 0 Å². The molecule has 0 saturated heterocycles. The zero-order valence-electron chi connectivity index (χ0n) is 8.50. The molecule has 1 radical (unpaired) electrons. The van der Waals surface area contributed by atoms with Crippen molar-refractivity contribution in [2.75, 3.05) is 0 Å². The second kappa shape index (κ2) is 3.49. The van der Waals surface area contributed by atoms with E-state index in [-0.39, 0.29) is 5.82 Å². The van der Waals surface area contributed by atoms with Crippen molar-refractivity contribution in [2.24, 2.45) is 0 Å². The molecule has 1 N–H and O–H groups in total. The minimum Gasteiger partial charge on any atom is -0.353 e. The van der Waals surface area contributed by atoms with Gasteiger partial charge in [0.05, 0.1) is 6.20 Å². The lowest BCUT2D eigenvalue weighted by molar-refractivity contribution is 0.631. The molecule has 1 aromatic heterocycles. The predicted molar refractivity (Wildman–Crippen MR) is 62.5 cm³/mol. The lowest BCUT2D eigenvalue weighted by Gasteiger charge is -2.03. The second-order valence-corrected chi connectivity index (χ2v) is 3.70. The van der Waals surface area contributed by atoms with Gasteiger partial charge in [-0.05, 0) is 29.8 Å². The summed E-state index contributed by atoms with van der Waals surface area (Å²) < 4.78 is 13.6. The number of aromatic amines is 1. The summed E-state index contributed by atoms with van der Waals surface area (Å²) in [4.78, 5) is 2.99. The topological polar surface area (TPSA) is 15.8 Å². The van der Waals surface area contributed by atoms with Gasteiger partial charge in [0.2, 0.25) is 0 Å². The largest absolute Gasteiger partial charge is 0.353 e. The molecule has 0 aliphatic carbocycles. The van der Waals surface area contributed by atoms with Crippen LogP contribution in [0.5, 0.6) is 0 Å². The molecular formula is C14H9FN. The normalized spacial score (nSPS) is 10.8. The Labute approximate surface area is 92.5 Å². The van der Waals surface area contributed by atoms with Crippen molar-refractivity contribution >= 4 is 10.9 Å². The highest BCUT2D eigenvalue weighted by Gasteiger charge is 2.04. The highest BCUT2D eigenvalue weighted by Crippen LogP contribution is 2.25. The van der Waals surface area contributed by atoms with Crippen LogP contribution in [0.3, 0.4) is 0 Å². The number of aromatic nitrogens is 1. The van der Waals surface area contributed by atoms with Crippen molar-refractivity contribution in [2.45, 2.75) is 0 Å². The van der Waals surface area contributed by atoms with Gasteiger partial charge in [0.15, 0.2) is 0 Å². The summed E-state index contributed by atoms with van der Waals surface area (Å²) in [6.07, 6.45) is 2.91. The van der Waals surface area contributed by atoms with Crippen LogP contribution in [0.1, 0.15) is 0 Å². The lowest BCUT2D eigenvalue weighted by atomic mass is 10.0. The van der Waals surface area contributed by atoms with Gasteiger partial charge in [-0.15, -0.1) is 0 Å². The number of halogens is 1. The molecule has 0 bridgehead atoms. The van der Waals surface area contributed by atoms with E-state index in [1.807, 2.05) is 30.3 Å². The van der Waals surface area contributed by atoms with E-state index in [9.17, 15) is 4.39 Å². The average molecular weight is 210 g/mol. The van der Waals surface area contributed by atoms with Crippen LogP contribution in [0.4, 0.5) is 4.39 Å². The Bertz CT molecular complexity index is 640. The number of hydrogen-bond acceptors (Lipinski definition) is 0. The summed E-state index contributed by atoms with van der Waals surface area (Å²) in [5.74, 6) is -0.193. The minimum absolute atomic E-state index is 0.193. The van der Waals surface area contributed by atoms with E-state index in [4.69, 9.17) is 0 Å². The van der Waals surface area contributed by atoms with E-state index in [2.05, 4.69) is 11.2 Å². The molecule has 0 unspecified atom stereocenters. The standard InChI is InChI=1S/C14H9FN/c15-13-4-2-1-3-12(13)10-5-6-14-11(9-10)7-8-16-14/h1-7,9,16H. The molecule has 1 nitrogen and oxygen atoms in total. The number of hydrogen-bond donors (Lipinski definition) is 1. The summed E-state index contributed by atoms with van der Waals surface area (Å²) in [5, 5.41) is 1.04. The highest BCUT2D eigenvalue weighted by molar-refractivity contribution is 5.84. The van der Waals surface area contributed by atoms with Crippen LogP contribution in [-0.4, -0.2) is 4.98 Å². The fourth-order valence-electron chi connectivity index (χ4n) is 1.85. The smallest absolute Gasteiger partial charge is 0.131 e. The first-order valence-electron chi connectivity index (χ1n) is 5.08. The molecule has 16 heavy (non-hydrogen) atoms. The van der Waals surface area contributed by atoms with E-state index in [1.54, 1.807) is 12.1 Å². The molecule has 0 aliphatic heterocycles. The van der Waals surface area contributed by atoms with E-state index in [0.717, 1.165) is 16.5 Å². The van der Waals surface area contributed by atoms with Crippen LogP contribution in [0.25, 0.3) is 22.0 Å². The molecule has 0 atom stereocenters. The molecule has 0 spiro atoms. The Morgan fingerprint density at radius 2 is 1.94 bits per heavy atom. The SMILES string of the molecule is Fc1ccccc1-c1ccc2[nH][c]cc2c1. The minimum atomic E-state index is -0.193. The summed E-state index contributed by atoms with van der Waals surface area (Å²) >= 11 is 0. The molecule has 3 aromatic rings. The summed E-state index contributed by atoms with van der Waals surface area (Å²) in [7, 11) is 0. The third kappa shape index (κ3) is 1.39. The monoisotopic (exact) mass is 210 g/mol. The summed E-state index contributed by atoms with van der Waals surface area (Å²) in [6.45, 7) is 0. The number of nitrogens with one attached hydrogen (secondary N) is 1. The van der Waals surface area contributed by atoms with Crippen molar-refractivity contribution in [3.63, 3.8) is 0 Å². The van der Waals surface area contributed by atoms with Crippen molar-refractivity contribution < 1.29 is 4.39 Å². The number of rotatable bonds is 1. The maximum atomic E-state index is 13.6. The van der Waals surface area contributed by atoms with Crippen LogP contribution in [-0.2, 0) is 0 Å². The Kier molecular flexibility index (Phi) is 2.00. The molecule has 77 valence electrons. The first-order chi connectivity index (χ1) is 7.84. The fourth-order valence-corrected chi connectivity index (χ4v) is 1.85. The van der Waals surface area contributed by atoms with E-state index < -0.39 is 0 Å². The van der Waals surface area contributed by atoms with E-state index in [0.29, 0.717) is 5.56 Å². The third-order valence-electron chi connectivity index (χ3n) is 2.67. The zero-order valence-corrected chi connectivity index (χ0v) is 8.50. The Balaban J connectivity index is 2.22. The van der Waals surface area contributed by atoms with E-state index in [1.165, 1.54) is 6.07 Å². The average Bonchev–Trinajstić information content (AvgIpc) is 2.76. The molecular weight excluding hydrogens is 201 g/mol. The van der Waals surface area contributed by atoms with Crippen molar-refractivity contribution in [1.82, 2.24) is 4.98 Å². The zero-order chi connectivity index (χ0) is 11.0. The summed E-state index contributed by atoms with van der Waals surface area (Å²) in [6, 6.07) is 14.5. The van der Waals surface area contributed by atoms with Crippen molar-refractivity contribution in [1.29, 1.82) is 0 Å². The van der Waals surface area contributed by atoms with Crippen LogP contribution < -0.4 is 0 Å². The maximum Gasteiger partial charge on any atom is 0.131 e. The first kappa shape index (κ1) is 9.16. The molecule has 3 rings (SSSR count). The Morgan fingerprint density at radius 3 is 2.81 bits per heavy atom. The Hall–Kier alpha value is -2.09. The van der Waals surface area contributed by atoms with E-state index >= 15 is 0 Å². The Morgan fingerprint density at radius 1 is 1.06 bits per heavy atom. The number of H-pyrrole nitrogens is 1. The van der Waals surface area contributed by atoms with Gasteiger partial charge >= 0.3 is 0 Å². The quantitative estimate of drug-likeness (QED) is 0.629. The van der Waals surface area contributed by atoms with Crippen LogP contribution in [0, 0.1) is 12.0 Å². The van der Waals surface area contributed by atoms with Gasteiger partial charge < -0.3 is 4.98 Å². The maximum absolute atomic E-state index is 13.6. The first-order valence-corrected chi connectivity index (χ1v) is 5.08. The van der Waals surface area contributed by atoms with Crippen LogP contribution in [0.2, 0.25) is 0 Å². The van der Waals surface area contributed by atoms with Gasteiger partial charge in [-0.1, -0.05) is 24.3 Å². The molecule has 0 fully saturated rings. The molecule has 0 amide bonds. The van der Waals surface area contributed by atoms with Gasteiger partial charge in [0, 0.05) is 16.5 Å². The van der Waals surface area contributed by atoms with Crippen LogP contribution in [0.15, 0.2) is 48.5 Å². The molecule has 1 heterocycles. The fraction of sp³-hybridized carbons (Fsp3) is 0.